The third-order valence-corrected chi connectivity index (χ3v) is 3.31. The minimum Gasteiger partial charge on any atom is -0.395 e. The largest absolute Gasteiger partial charge is 0.395 e. The molecule has 104 valence electrons. The lowest BCUT2D eigenvalue weighted by molar-refractivity contribution is -0.119. The van der Waals surface area contributed by atoms with Crippen LogP contribution in [0, 0.1) is 11.8 Å². The van der Waals surface area contributed by atoms with Crippen LogP contribution in [0.5, 0.6) is 0 Å². The van der Waals surface area contributed by atoms with E-state index in [-0.39, 0.29) is 12.5 Å². The monoisotopic (exact) mass is 290 g/mol. The van der Waals surface area contributed by atoms with Crippen molar-refractivity contribution in [3.8, 4) is 11.8 Å². The van der Waals surface area contributed by atoms with Crippen LogP contribution < -0.4 is 5.32 Å². The number of nitrogens with zero attached hydrogens (tertiary/aromatic N) is 3. The highest BCUT2D eigenvalue weighted by molar-refractivity contribution is 7.16. The molecule has 6 nitrogen and oxygen atoms in total. The van der Waals surface area contributed by atoms with Crippen molar-refractivity contribution in [3.63, 3.8) is 0 Å². The maximum Gasteiger partial charge on any atom is 0.250 e. The highest BCUT2D eigenvalue weighted by atomic mass is 32.1. The molecule has 20 heavy (non-hydrogen) atoms. The van der Waals surface area contributed by atoms with Crippen molar-refractivity contribution >= 4 is 22.4 Å². The zero-order valence-electron chi connectivity index (χ0n) is 10.9. The second-order valence-electron chi connectivity index (χ2n) is 3.96. The molecule has 0 radical (unpaired) electrons. The summed E-state index contributed by atoms with van der Waals surface area (Å²) in [6.45, 7) is 1.80. The van der Waals surface area contributed by atoms with E-state index in [0.717, 1.165) is 4.88 Å². The normalized spacial score (nSPS) is 11.5. The Hall–Kier alpha value is -2.17. The Bertz CT molecular complexity index is 624. The van der Waals surface area contributed by atoms with Gasteiger partial charge in [0.1, 0.15) is 6.04 Å². The van der Waals surface area contributed by atoms with Gasteiger partial charge in [0.05, 0.1) is 17.7 Å². The van der Waals surface area contributed by atoms with E-state index < -0.39 is 6.04 Å². The molecule has 2 aromatic rings. The van der Waals surface area contributed by atoms with Crippen molar-refractivity contribution in [2.45, 2.75) is 19.4 Å². The number of anilines is 1. The van der Waals surface area contributed by atoms with E-state index in [1.807, 2.05) is 0 Å². The number of aliphatic hydroxyl groups is 1. The molecular weight excluding hydrogens is 276 g/mol. The number of rotatable bonds is 4. The molecule has 2 N–H and O–H groups in total. The molecule has 0 aromatic carbocycles. The van der Waals surface area contributed by atoms with Crippen LogP contribution >= 0.6 is 11.3 Å². The smallest absolute Gasteiger partial charge is 0.250 e. The van der Waals surface area contributed by atoms with E-state index in [2.05, 4.69) is 27.2 Å². The van der Waals surface area contributed by atoms with Crippen LogP contribution in [0.3, 0.4) is 0 Å². The Morgan fingerprint density at radius 3 is 3.20 bits per heavy atom. The summed E-state index contributed by atoms with van der Waals surface area (Å²) in [6, 6.07) is 1.36. The van der Waals surface area contributed by atoms with E-state index in [1.54, 1.807) is 36.3 Å². The van der Waals surface area contributed by atoms with E-state index in [1.165, 1.54) is 11.3 Å². The number of nitrogens with one attached hydrogen (secondary N) is 1. The van der Waals surface area contributed by atoms with Crippen LogP contribution in [0.15, 0.2) is 24.7 Å². The van der Waals surface area contributed by atoms with E-state index >= 15 is 0 Å². The fourth-order valence-electron chi connectivity index (χ4n) is 1.43. The summed E-state index contributed by atoms with van der Waals surface area (Å²) in [5.41, 5.74) is 0. The summed E-state index contributed by atoms with van der Waals surface area (Å²) < 4.78 is 1.57. The predicted molar refractivity (Wildman–Crippen MR) is 76.3 cm³/mol. The van der Waals surface area contributed by atoms with Gasteiger partial charge in [-0.1, -0.05) is 23.2 Å². The highest BCUT2D eigenvalue weighted by Gasteiger charge is 2.16. The topological polar surface area (TPSA) is 80.0 Å². The van der Waals surface area contributed by atoms with Crippen LogP contribution in [0.25, 0.3) is 0 Å². The number of thiazole rings is 1. The first-order valence-electron chi connectivity index (χ1n) is 6.06. The van der Waals surface area contributed by atoms with E-state index in [0.29, 0.717) is 11.6 Å². The van der Waals surface area contributed by atoms with Crippen LogP contribution in [-0.4, -0.2) is 32.4 Å². The fourth-order valence-corrected chi connectivity index (χ4v) is 2.13. The first-order valence-corrected chi connectivity index (χ1v) is 6.88. The number of aromatic nitrogens is 3. The number of hydrogen-bond donors (Lipinski definition) is 2. The summed E-state index contributed by atoms with van der Waals surface area (Å²) in [5.74, 6) is 5.50. The number of aliphatic hydroxyl groups excluding tert-OH is 1. The lowest BCUT2D eigenvalue weighted by Gasteiger charge is -2.10. The molecule has 0 fully saturated rings. The van der Waals surface area contributed by atoms with E-state index in [9.17, 15) is 4.79 Å². The van der Waals surface area contributed by atoms with Gasteiger partial charge < -0.3 is 10.4 Å². The minimum absolute atomic E-state index is 0.0385. The van der Waals surface area contributed by atoms with Crippen molar-refractivity contribution in [2.75, 3.05) is 11.9 Å². The Labute approximate surface area is 120 Å². The van der Waals surface area contributed by atoms with Gasteiger partial charge in [0.25, 0.3) is 5.91 Å². The first-order chi connectivity index (χ1) is 9.70. The molecule has 0 spiro atoms. The second kappa shape index (κ2) is 6.84. The Kier molecular flexibility index (Phi) is 4.87. The van der Waals surface area contributed by atoms with Crippen LogP contribution in [0.2, 0.25) is 0 Å². The van der Waals surface area contributed by atoms with Crippen LogP contribution in [-0.2, 0) is 4.79 Å². The van der Waals surface area contributed by atoms with Gasteiger partial charge in [0.2, 0.25) is 0 Å². The van der Waals surface area contributed by atoms with Crippen molar-refractivity contribution in [2.24, 2.45) is 0 Å². The van der Waals surface area contributed by atoms with Gasteiger partial charge in [-0.15, -0.1) is 0 Å². The number of amides is 1. The van der Waals surface area contributed by atoms with Gasteiger partial charge in [0, 0.05) is 18.8 Å². The molecular formula is C13H14N4O2S. The van der Waals surface area contributed by atoms with Gasteiger partial charge >= 0.3 is 0 Å². The zero-order chi connectivity index (χ0) is 14.4. The summed E-state index contributed by atoms with van der Waals surface area (Å²) in [7, 11) is 0. The molecule has 0 saturated heterocycles. The quantitative estimate of drug-likeness (QED) is 0.831. The Balaban J connectivity index is 1.97. The molecule has 0 aliphatic rings. The molecule has 0 saturated carbocycles. The molecule has 7 heteroatoms. The number of hydrogen-bond acceptors (Lipinski definition) is 5. The highest BCUT2D eigenvalue weighted by Crippen LogP contribution is 2.18. The Morgan fingerprint density at radius 2 is 2.50 bits per heavy atom. The predicted octanol–water partition coefficient (Wildman–Crippen LogP) is 1.27. The standard InChI is InChI=1S/C13H14N4O2S/c1-10(17-7-4-6-15-17)12(19)16-13-14-9-11(20-13)5-2-3-8-18/h4,6-7,9-10,18H,3,8H2,1H3,(H,14,16,19). The zero-order valence-corrected chi connectivity index (χ0v) is 11.7. The molecule has 2 rings (SSSR count). The van der Waals surface area contributed by atoms with Gasteiger partial charge in [-0.2, -0.15) is 5.10 Å². The summed E-state index contributed by atoms with van der Waals surface area (Å²) in [6.07, 6.45) is 5.39. The molecule has 1 atom stereocenters. The lowest BCUT2D eigenvalue weighted by atomic mass is 10.3. The van der Waals surface area contributed by atoms with Crippen LogP contribution in [0.4, 0.5) is 5.13 Å². The molecule has 1 amide bonds. The van der Waals surface area contributed by atoms with Crippen molar-refractivity contribution in [1.29, 1.82) is 0 Å². The van der Waals surface area contributed by atoms with E-state index in [4.69, 9.17) is 5.11 Å². The summed E-state index contributed by atoms with van der Waals surface area (Å²) in [4.78, 5) is 16.8. The third kappa shape index (κ3) is 3.66. The first kappa shape index (κ1) is 14.2. The van der Waals surface area contributed by atoms with Gasteiger partial charge in [-0.25, -0.2) is 4.98 Å². The minimum atomic E-state index is -0.405. The van der Waals surface area contributed by atoms with Gasteiger partial charge in [-0.3, -0.25) is 9.48 Å². The maximum absolute atomic E-state index is 12.0. The average molecular weight is 290 g/mol. The number of carbonyl (C=O) groups is 1. The molecule has 0 aliphatic heterocycles. The van der Waals surface area contributed by atoms with Crippen molar-refractivity contribution in [3.05, 3.63) is 29.5 Å². The van der Waals surface area contributed by atoms with Crippen molar-refractivity contribution < 1.29 is 9.90 Å². The summed E-state index contributed by atoms with van der Waals surface area (Å²) in [5, 5.41) is 15.9. The third-order valence-electron chi connectivity index (χ3n) is 2.49. The lowest BCUT2D eigenvalue weighted by Crippen LogP contribution is -2.23. The molecule has 2 aromatic heterocycles. The molecule has 2 heterocycles. The Morgan fingerprint density at radius 1 is 1.65 bits per heavy atom. The van der Waals surface area contributed by atoms with Gasteiger partial charge in [-0.05, 0) is 13.0 Å². The average Bonchev–Trinajstić information content (AvgIpc) is 3.09. The van der Waals surface area contributed by atoms with Crippen LogP contribution in [0.1, 0.15) is 24.3 Å². The fraction of sp³-hybridized carbons (Fsp3) is 0.308. The summed E-state index contributed by atoms with van der Waals surface area (Å²) >= 11 is 1.30. The molecule has 0 aliphatic carbocycles. The molecule has 1 unspecified atom stereocenters. The van der Waals surface area contributed by atoms with Gasteiger partial charge in [0.15, 0.2) is 5.13 Å². The maximum atomic E-state index is 12.0. The number of carbonyl (C=O) groups excluding carboxylic acids is 1. The molecule has 0 bridgehead atoms. The van der Waals surface area contributed by atoms with Crippen molar-refractivity contribution in [1.82, 2.24) is 14.8 Å². The SMILES string of the molecule is CC(C(=O)Nc1ncc(C#CCCO)s1)n1cccn1. The second-order valence-corrected chi connectivity index (χ2v) is 4.99.